The van der Waals surface area contributed by atoms with Gasteiger partial charge in [-0.2, -0.15) is 0 Å². The number of hydrogen-bond donors (Lipinski definition) is 0. The lowest BCUT2D eigenvalue weighted by molar-refractivity contribution is -0.134. The van der Waals surface area contributed by atoms with E-state index in [9.17, 15) is 13.6 Å². The second kappa shape index (κ2) is 6.49. The van der Waals surface area contributed by atoms with Crippen molar-refractivity contribution in [2.45, 2.75) is 30.7 Å². The molecule has 0 saturated carbocycles. The monoisotopic (exact) mass is 377 g/mol. The fraction of sp³-hybridized carbons (Fsp3) is 0.500. The third-order valence-corrected chi connectivity index (χ3v) is 6.49. The Kier molecular flexibility index (Phi) is 4.75. The molecule has 0 aromatic carbocycles. The van der Waals surface area contributed by atoms with Gasteiger partial charge in [-0.05, 0) is 6.92 Å². The predicted molar refractivity (Wildman–Crippen MR) is 88.6 cm³/mol. The lowest BCUT2D eigenvalue weighted by Crippen LogP contribution is -2.43. The number of rotatable bonds is 3. The van der Waals surface area contributed by atoms with E-state index in [4.69, 9.17) is 11.6 Å². The molecule has 0 bridgehead atoms. The van der Waals surface area contributed by atoms with Gasteiger partial charge in [0.2, 0.25) is 5.91 Å². The average Bonchev–Trinajstić information content (AvgIpc) is 2.81. The van der Waals surface area contributed by atoms with Crippen molar-refractivity contribution in [1.29, 1.82) is 0 Å². The highest BCUT2D eigenvalue weighted by atomic mass is 35.5. The first-order valence-corrected chi connectivity index (χ1v) is 9.23. The number of likely N-dealkylation sites (tertiary alicyclic amines) is 1. The summed E-state index contributed by atoms with van der Waals surface area (Å²) in [6.45, 7) is 2.10. The fourth-order valence-corrected chi connectivity index (χ4v) is 4.67. The van der Waals surface area contributed by atoms with Crippen molar-refractivity contribution in [2.24, 2.45) is 0 Å². The van der Waals surface area contributed by atoms with Crippen LogP contribution in [0.1, 0.15) is 18.4 Å². The smallest absolute Gasteiger partial charge is 0.251 e. The molecule has 9 heteroatoms. The molecule has 1 aliphatic rings. The molecule has 3 rings (SSSR count). The number of thioether (sulfide) groups is 1. The average molecular weight is 378 g/mol. The van der Waals surface area contributed by atoms with Gasteiger partial charge in [0.25, 0.3) is 5.92 Å². The number of fused-ring (bicyclic) bond motifs is 1. The van der Waals surface area contributed by atoms with Crippen LogP contribution in [0.15, 0.2) is 11.4 Å². The minimum Gasteiger partial charge on any atom is -0.342 e. The fourth-order valence-electron chi connectivity index (χ4n) is 2.38. The molecule has 1 aliphatic heterocycles. The van der Waals surface area contributed by atoms with Crippen LogP contribution in [0.4, 0.5) is 8.78 Å². The molecule has 2 aromatic heterocycles. The van der Waals surface area contributed by atoms with Crippen LogP contribution in [0.3, 0.4) is 0 Å². The quantitative estimate of drug-likeness (QED) is 0.599. The van der Waals surface area contributed by atoms with E-state index >= 15 is 0 Å². The van der Waals surface area contributed by atoms with Crippen LogP contribution in [-0.4, -0.2) is 45.5 Å². The van der Waals surface area contributed by atoms with Crippen LogP contribution < -0.4 is 0 Å². The molecule has 0 N–H and O–H groups in total. The summed E-state index contributed by atoms with van der Waals surface area (Å²) in [6, 6.07) is 0. The highest BCUT2D eigenvalue weighted by molar-refractivity contribution is 8.00. The van der Waals surface area contributed by atoms with Gasteiger partial charge in [0.15, 0.2) is 0 Å². The summed E-state index contributed by atoms with van der Waals surface area (Å²) in [7, 11) is 0. The summed E-state index contributed by atoms with van der Waals surface area (Å²) in [5, 5.41) is 0.700. The van der Waals surface area contributed by atoms with Gasteiger partial charge in [0, 0.05) is 31.5 Å². The molecular weight excluding hydrogens is 364 g/mol. The van der Waals surface area contributed by atoms with Crippen molar-refractivity contribution in [3.63, 3.8) is 0 Å². The number of hydrogen-bond acceptors (Lipinski definition) is 5. The van der Waals surface area contributed by atoms with E-state index in [2.05, 4.69) is 9.97 Å². The molecule has 2 aromatic rings. The van der Waals surface area contributed by atoms with Crippen LogP contribution in [0, 0.1) is 6.92 Å². The van der Waals surface area contributed by atoms with Gasteiger partial charge in [-0.3, -0.25) is 4.79 Å². The highest BCUT2D eigenvalue weighted by Gasteiger charge is 2.35. The number of carbonyl (C=O) groups is 1. The van der Waals surface area contributed by atoms with Crippen molar-refractivity contribution in [3.05, 3.63) is 16.2 Å². The molecule has 1 fully saturated rings. The Morgan fingerprint density at radius 2 is 2.13 bits per heavy atom. The number of carbonyl (C=O) groups excluding carboxylic acids is 1. The molecule has 4 nitrogen and oxygen atoms in total. The summed E-state index contributed by atoms with van der Waals surface area (Å²) in [5.41, 5.74) is 1.70. The number of nitrogens with zero attached hydrogens (tertiary/aromatic N) is 3. The van der Waals surface area contributed by atoms with E-state index in [1.165, 1.54) is 34.3 Å². The minimum absolute atomic E-state index is 0.107. The maximum atomic E-state index is 13.1. The van der Waals surface area contributed by atoms with E-state index in [0.29, 0.717) is 9.36 Å². The molecule has 0 unspecified atom stereocenters. The summed E-state index contributed by atoms with van der Waals surface area (Å²) in [6.07, 6.45) is 0.925. The Hall–Kier alpha value is -0.990. The molecule has 1 amide bonds. The molecule has 124 valence electrons. The topological polar surface area (TPSA) is 46.1 Å². The third kappa shape index (κ3) is 3.59. The number of aromatic nitrogens is 2. The molecule has 1 saturated heterocycles. The number of amides is 1. The van der Waals surface area contributed by atoms with Crippen LogP contribution >= 0.6 is 34.7 Å². The Bertz CT molecular complexity index is 743. The summed E-state index contributed by atoms with van der Waals surface area (Å²) < 4.78 is 27.8. The van der Waals surface area contributed by atoms with Crippen molar-refractivity contribution in [2.75, 3.05) is 18.8 Å². The number of halogens is 3. The molecule has 0 aliphatic carbocycles. The highest BCUT2D eigenvalue weighted by Crippen LogP contribution is 2.37. The number of piperidine rings is 1. The SMILES string of the molecule is Cc1c(Cl)sc2c(SCC(=O)N3CCC(F)(F)CC3)ncnc12. The lowest BCUT2D eigenvalue weighted by Gasteiger charge is -2.31. The second-order valence-electron chi connectivity index (χ2n) is 5.38. The number of aryl methyl sites for hydroxylation is 1. The van der Waals surface area contributed by atoms with Crippen molar-refractivity contribution in [3.8, 4) is 0 Å². The third-order valence-electron chi connectivity index (χ3n) is 3.79. The van der Waals surface area contributed by atoms with Crippen molar-refractivity contribution >= 4 is 50.8 Å². The van der Waals surface area contributed by atoms with E-state index in [1.54, 1.807) is 0 Å². The molecular formula is C14H14ClF2N3OS2. The van der Waals surface area contributed by atoms with E-state index in [-0.39, 0.29) is 37.6 Å². The zero-order valence-electron chi connectivity index (χ0n) is 12.3. The maximum absolute atomic E-state index is 13.1. The van der Waals surface area contributed by atoms with Crippen molar-refractivity contribution < 1.29 is 13.6 Å². The molecule has 0 spiro atoms. The van der Waals surface area contributed by atoms with Gasteiger partial charge in [0.1, 0.15) is 11.4 Å². The second-order valence-corrected chi connectivity index (χ2v) is 7.97. The molecule has 23 heavy (non-hydrogen) atoms. The zero-order chi connectivity index (χ0) is 16.6. The Labute approximate surface area is 145 Å². The molecule has 3 heterocycles. The van der Waals surface area contributed by atoms with Gasteiger partial charge in [-0.25, -0.2) is 18.7 Å². The van der Waals surface area contributed by atoms with Crippen LogP contribution in [-0.2, 0) is 4.79 Å². The Morgan fingerprint density at radius 3 is 2.83 bits per heavy atom. The van der Waals surface area contributed by atoms with Crippen LogP contribution in [0.2, 0.25) is 4.34 Å². The normalized spacial score (nSPS) is 17.7. The lowest BCUT2D eigenvalue weighted by atomic mass is 10.1. The largest absolute Gasteiger partial charge is 0.342 e. The Morgan fingerprint density at radius 1 is 1.43 bits per heavy atom. The number of thiophene rings is 1. The molecule has 0 radical (unpaired) electrons. The standard InChI is InChI=1S/C14H14ClF2N3OS2/c1-8-10-11(23-12(8)15)13(19-7-18-10)22-6-9(21)20-4-2-14(16,17)3-5-20/h7H,2-6H2,1H3. The number of alkyl halides is 2. The Balaban J connectivity index is 1.67. The summed E-state index contributed by atoms with van der Waals surface area (Å²) in [5.74, 6) is -2.61. The summed E-state index contributed by atoms with van der Waals surface area (Å²) in [4.78, 5) is 22.1. The van der Waals surface area contributed by atoms with Crippen LogP contribution in [0.5, 0.6) is 0 Å². The van der Waals surface area contributed by atoms with Gasteiger partial charge in [-0.15, -0.1) is 11.3 Å². The first-order chi connectivity index (χ1) is 10.9. The first kappa shape index (κ1) is 16.9. The van der Waals surface area contributed by atoms with Gasteiger partial charge >= 0.3 is 0 Å². The van der Waals surface area contributed by atoms with Gasteiger partial charge < -0.3 is 4.90 Å². The van der Waals surface area contributed by atoms with Gasteiger partial charge in [-0.1, -0.05) is 23.4 Å². The first-order valence-electron chi connectivity index (χ1n) is 7.05. The van der Waals surface area contributed by atoms with E-state index in [0.717, 1.165) is 15.8 Å². The maximum Gasteiger partial charge on any atom is 0.251 e. The van der Waals surface area contributed by atoms with E-state index < -0.39 is 5.92 Å². The summed E-state index contributed by atoms with van der Waals surface area (Å²) >= 11 is 8.81. The zero-order valence-corrected chi connectivity index (χ0v) is 14.7. The van der Waals surface area contributed by atoms with E-state index in [1.807, 2.05) is 6.92 Å². The minimum atomic E-state index is -2.64. The van der Waals surface area contributed by atoms with Gasteiger partial charge in [0.05, 0.1) is 20.3 Å². The predicted octanol–water partition coefficient (Wildman–Crippen LogP) is 4.00. The van der Waals surface area contributed by atoms with Crippen molar-refractivity contribution in [1.82, 2.24) is 14.9 Å². The molecule has 0 atom stereocenters. The van der Waals surface area contributed by atoms with Crippen LogP contribution in [0.25, 0.3) is 10.2 Å².